The number of rotatable bonds is 0. The van der Waals surface area contributed by atoms with E-state index in [0.717, 1.165) is 5.70 Å². The molecule has 5 heteroatoms. The summed E-state index contributed by atoms with van der Waals surface area (Å²) in [6, 6.07) is 0. The van der Waals surface area contributed by atoms with Crippen LogP contribution in [0.4, 0.5) is 4.79 Å². The quantitative estimate of drug-likeness (QED) is 0.678. The van der Waals surface area contributed by atoms with Gasteiger partial charge < -0.3 is 10.2 Å². The van der Waals surface area contributed by atoms with E-state index in [1.165, 1.54) is 4.90 Å². The Hall–Kier alpha value is -1.91. The molecule has 0 aromatic carbocycles. The Kier molecular flexibility index (Phi) is 2.38. The second kappa shape index (κ2) is 3.59. The minimum Gasteiger partial charge on any atom is -0.443 e. The number of fused-ring (bicyclic) bond motifs is 1. The smallest absolute Gasteiger partial charge is 0.418 e. The zero-order valence-electron chi connectivity index (χ0n) is 9.60. The summed E-state index contributed by atoms with van der Waals surface area (Å²) in [4.78, 5) is 13.2. The summed E-state index contributed by atoms with van der Waals surface area (Å²) in [6.07, 6.45) is 8.42. The van der Waals surface area contributed by atoms with Crippen molar-refractivity contribution in [2.75, 3.05) is 0 Å². The van der Waals surface area contributed by atoms with Crippen molar-refractivity contribution in [2.45, 2.75) is 26.4 Å². The van der Waals surface area contributed by atoms with Crippen molar-refractivity contribution in [1.82, 2.24) is 15.3 Å². The van der Waals surface area contributed by atoms with Crippen LogP contribution in [0.5, 0.6) is 0 Å². The van der Waals surface area contributed by atoms with Crippen molar-refractivity contribution >= 4 is 6.09 Å². The molecule has 0 aromatic heterocycles. The van der Waals surface area contributed by atoms with E-state index in [9.17, 15) is 4.79 Å². The van der Waals surface area contributed by atoms with Crippen molar-refractivity contribution in [3.63, 3.8) is 0 Å². The summed E-state index contributed by atoms with van der Waals surface area (Å²) in [5.41, 5.74) is 3.40. The number of allylic oxidation sites excluding steroid dienone is 1. The van der Waals surface area contributed by atoms with Crippen molar-refractivity contribution in [1.29, 1.82) is 0 Å². The van der Waals surface area contributed by atoms with E-state index in [0.29, 0.717) is 0 Å². The molecule has 0 saturated heterocycles. The second-order valence-corrected chi connectivity index (χ2v) is 4.57. The van der Waals surface area contributed by atoms with Crippen LogP contribution in [0.1, 0.15) is 20.8 Å². The fourth-order valence-corrected chi connectivity index (χ4v) is 1.34. The highest BCUT2D eigenvalue weighted by molar-refractivity contribution is 5.71. The van der Waals surface area contributed by atoms with Crippen molar-refractivity contribution in [3.8, 4) is 0 Å². The lowest BCUT2D eigenvalue weighted by Crippen LogP contribution is -2.34. The Bertz CT molecular complexity index is 391. The molecule has 2 aliphatic heterocycles. The maximum Gasteiger partial charge on any atom is 0.418 e. The van der Waals surface area contributed by atoms with Crippen molar-refractivity contribution in [2.24, 2.45) is 0 Å². The Balaban J connectivity index is 2.06. The first-order valence-corrected chi connectivity index (χ1v) is 5.09. The van der Waals surface area contributed by atoms with Crippen LogP contribution in [0, 0.1) is 0 Å². The van der Waals surface area contributed by atoms with Crippen molar-refractivity contribution in [3.05, 3.63) is 36.6 Å². The predicted molar refractivity (Wildman–Crippen MR) is 59.4 cm³/mol. The van der Waals surface area contributed by atoms with E-state index in [4.69, 9.17) is 4.74 Å². The van der Waals surface area contributed by atoms with E-state index >= 15 is 0 Å². The third-order valence-electron chi connectivity index (χ3n) is 2.00. The topological polar surface area (TPSA) is 44.8 Å². The van der Waals surface area contributed by atoms with Crippen molar-refractivity contribution < 1.29 is 9.53 Å². The van der Waals surface area contributed by atoms with Crippen LogP contribution < -0.4 is 5.43 Å². The number of carbonyl (C=O) groups excluding carboxylic acids is 1. The molecule has 1 N–H and O–H groups in total. The molecular weight excluding hydrogens is 206 g/mol. The average molecular weight is 221 g/mol. The maximum atomic E-state index is 11.7. The molecule has 2 rings (SSSR count). The molecular formula is C11H15N3O2. The molecule has 16 heavy (non-hydrogen) atoms. The van der Waals surface area contributed by atoms with E-state index in [1.54, 1.807) is 29.8 Å². The van der Waals surface area contributed by atoms with E-state index < -0.39 is 5.60 Å². The highest BCUT2D eigenvalue weighted by atomic mass is 16.6. The molecule has 0 spiro atoms. The van der Waals surface area contributed by atoms with Gasteiger partial charge in [0.25, 0.3) is 0 Å². The molecule has 0 radical (unpaired) electrons. The molecule has 2 aliphatic rings. The fourth-order valence-electron chi connectivity index (χ4n) is 1.34. The zero-order chi connectivity index (χ0) is 11.8. The van der Waals surface area contributed by atoms with Crippen LogP contribution >= 0.6 is 0 Å². The lowest BCUT2D eigenvalue weighted by atomic mass is 10.2. The van der Waals surface area contributed by atoms with Gasteiger partial charge in [0.15, 0.2) is 0 Å². The summed E-state index contributed by atoms with van der Waals surface area (Å²) in [5, 5.41) is 1.81. The molecule has 1 amide bonds. The van der Waals surface area contributed by atoms with Gasteiger partial charge in [-0.15, -0.1) is 0 Å². The molecule has 86 valence electrons. The molecule has 0 aromatic rings. The van der Waals surface area contributed by atoms with Crippen LogP contribution in [0.25, 0.3) is 0 Å². The normalized spacial score (nSPS) is 18.1. The minimum absolute atomic E-state index is 0.379. The molecule has 2 heterocycles. The molecule has 0 fully saturated rings. The number of nitrogens with one attached hydrogen (secondary N) is 1. The fraction of sp³-hybridized carbons (Fsp3) is 0.364. The SMILES string of the molecule is CC(C)(C)OC(=O)N1C=CN2NC=CC2=C1. The average Bonchev–Trinajstić information content (AvgIpc) is 2.61. The first-order valence-electron chi connectivity index (χ1n) is 5.09. The lowest BCUT2D eigenvalue weighted by Gasteiger charge is -2.27. The second-order valence-electron chi connectivity index (χ2n) is 4.57. The largest absolute Gasteiger partial charge is 0.443 e. The van der Waals surface area contributed by atoms with Crippen LogP contribution in [-0.4, -0.2) is 21.6 Å². The minimum atomic E-state index is -0.482. The van der Waals surface area contributed by atoms with E-state index in [-0.39, 0.29) is 6.09 Å². The van der Waals surface area contributed by atoms with Gasteiger partial charge in [-0.1, -0.05) is 0 Å². The van der Waals surface area contributed by atoms with Gasteiger partial charge in [-0.05, 0) is 26.8 Å². The lowest BCUT2D eigenvalue weighted by molar-refractivity contribution is 0.0390. The Morgan fingerprint density at radius 2 is 2.12 bits per heavy atom. The number of hydrogen-bond acceptors (Lipinski definition) is 4. The van der Waals surface area contributed by atoms with Crippen LogP contribution in [0.3, 0.4) is 0 Å². The van der Waals surface area contributed by atoms with E-state index in [2.05, 4.69) is 5.43 Å². The van der Waals surface area contributed by atoms with Gasteiger partial charge in [-0.2, -0.15) is 0 Å². The molecule has 5 nitrogen and oxygen atoms in total. The molecule has 0 bridgehead atoms. The summed E-state index contributed by atoms with van der Waals surface area (Å²) in [6.45, 7) is 5.53. The molecule has 0 atom stereocenters. The monoisotopic (exact) mass is 221 g/mol. The Labute approximate surface area is 94.6 Å². The number of hydrogen-bond donors (Lipinski definition) is 1. The zero-order valence-corrected chi connectivity index (χ0v) is 9.60. The maximum absolute atomic E-state index is 11.7. The Morgan fingerprint density at radius 3 is 2.81 bits per heavy atom. The van der Waals surface area contributed by atoms with Crippen LogP contribution in [0.2, 0.25) is 0 Å². The molecule has 0 saturated carbocycles. The van der Waals surface area contributed by atoms with Crippen LogP contribution in [-0.2, 0) is 4.74 Å². The molecule has 0 aliphatic carbocycles. The highest BCUT2D eigenvalue weighted by Gasteiger charge is 2.23. The first-order chi connectivity index (χ1) is 7.46. The highest BCUT2D eigenvalue weighted by Crippen LogP contribution is 2.18. The first kappa shape index (κ1) is 10.6. The number of hydrazine groups is 1. The summed E-state index contributed by atoms with van der Waals surface area (Å²) >= 11 is 0. The number of nitrogens with zero attached hydrogens (tertiary/aromatic N) is 2. The molecule has 0 unspecified atom stereocenters. The summed E-state index contributed by atoms with van der Waals surface area (Å²) in [7, 11) is 0. The van der Waals surface area contributed by atoms with Gasteiger partial charge in [-0.3, -0.25) is 9.91 Å². The van der Waals surface area contributed by atoms with E-state index in [1.807, 2.05) is 26.8 Å². The summed E-state index contributed by atoms with van der Waals surface area (Å²) in [5.74, 6) is 0. The standard InChI is InChI=1S/C11H15N3O2/c1-11(2,3)16-10(15)13-6-7-14-9(8-13)4-5-12-14/h4-8,12H,1-3H3. The Morgan fingerprint density at radius 1 is 1.38 bits per heavy atom. The van der Waals surface area contributed by atoms with Gasteiger partial charge in [0.05, 0.1) is 5.70 Å². The van der Waals surface area contributed by atoms with Gasteiger partial charge in [0.1, 0.15) is 5.60 Å². The number of carbonyl (C=O) groups is 1. The van der Waals surface area contributed by atoms with Crippen LogP contribution in [0.15, 0.2) is 36.6 Å². The van der Waals surface area contributed by atoms with Gasteiger partial charge >= 0.3 is 6.09 Å². The van der Waals surface area contributed by atoms with Gasteiger partial charge in [0, 0.05) is 24.8 Å². The number of amides is 1. The third kappa shape index (κ3) is 2.18. The summed E-state index contributed by atoms with van der Waals surface area (Å²) < 4.78 is 5.25. The van der Waals surface area contributed by atoms with Gasteiger partial charge in [0.2, 0.25) is 0 Å². The predicted octanol–water partition coefficient (Wildman–Crippen LogP) is 1.88. The number of ether oxygens (including phenoxy) is 1. The van der Waals surface area contributed by atoms with Gasteiger partial charge in [-0.25, -0.2) is 4.79 Å². The third-order valence-corrected chi connectivity index (χ3v) is 2.00.